The summed E-state index contributed by atoms with van der Waals surface area (Å²) in [6.45, 7) is 2.67. The van der Waals surface area contributed by atoms with Crippen LogP contribution in [0.4, 0.5) is 13.2 Å². The van der Waals surface area contributed by atoms with Gasteiger partial charge in [-0.25, -0.2) is 0 Å². The lowest BCUT2D eigenvalue weighted by Gasteiger charge is -2.32. The zero-order chi connectivity index (χ0) is 13.9. The van der Waals surface area contributed by atoms with Gasteiger partial charge in [-0.05, 0) is 32.3 Å². The normalized spacial score (nSPS) is 26.3. The smallest absolute Gasteiger partial charge is 0.310 e. The summed E-state index contributed by atoms with van der Waals surface area (Å²) in [7, 11) is 0. The van der Waals surface area contributed by atoms with E-state index in [2.05, 4.69) is 10.4 Å². The van der Waals surface area contributed by atoms with Crippen LogP contribution in [-0.2, 0) is 6.54 Å². The van der Waals surface area contributed by atoms with Crippen LogP contribution in [0.15, 0.2) is 18.5 Å². The molecule has 3 unspecified atom stereocenters. The zero-order valence-corrected chi connectivity index (χ0v) is 11.0. The number of aromatic nitrogens is 2. The Hall–Kier alpha value is -1.04. The maximum Gasteiger partial charge on any atom is 0.391 e. The summed E-state index contributed by atoms with van der Waals surface area (Å²) < 4.78 is 39.9. The van der Waals surface area contributed by atoms with Crippen LogP contribution in [0.2, 0.25) is 0 Å². The number of hydrogen-bond acceptors (Lipinski definition) is 2. The lowest BCUT2D eigenvalue weighted by molar-refractivity contribution is -0.183. The fourth-order valence-electron chi connectivity index (χ4n) is 2.78. The molecule has 0 radical (unpaired) electrons. The van der Waals surface area contributed by atoms with E-state index in [1.54, 1.807) is 10.9 Å². The van der Waals surface area contributed by atoms with E-state index in [0.29, 0.717) is 13.0 Å². The number of halogens is 3. The van der Waals surface area contributed by atoms with E-state index >= 15 is 0 Å². The summed E-state index contributed by atoms with van der Waals surface area (Å²) in [5, 5.41) is 7.40. The van der Waals surface area contributed by atoms with Crippen LogP contribution in [-0.4, -0.2) is 28.0 Å². The Kier molecular flexibility index (Phi) is 4.50. The highest BCUT2D eigenvalue weighted by molar-refractivity contribution is 4.84. The molecule has 1 aromatic rings. The molecule has 6 heteroatoms. The Morgan fingerprint density at radius 1 is 1.42 bits per heavy atom. The summed E-state index contributed by atoms with van der Waals surface area (Å²) in [5.41, 5.74) is 0. The van der Waals surface area contributed by atoms with E-state index < -0.39 is 12.1 Å². The first kappa shape index (κ1) is 14.4. The van der Waals surface area contributed by atoms with E-state index in [-0.39, 0.29) is 24.9 Å². The Balaban J connectivity index is 1.82. The molecular weight excluding hydrogens is 255 g/mol. The van der Waals surface area contributed by atoms with Crippen LogP contribution >= 0.6 is 0 Å². The average molecular weight is 275 g/mol. The van der Waals surface area contributed by atoms with Crippen molar-refractivity contribution in [1.82, 2.24) is 15.1 Å². The van der Waals surface area contributed by atoms with Gasteiger partial charge in [-0.3, -0.25) is 4.68 Å². The van der Waals surface area contributed by atoms with Crippen LogP contribution in [0, 0.1) is 5.92 Å². The predicted octanol–water partition coefficient (Wildman–Crippen LogP) is 2.98. The number of nitrogens with one attached hydrogen (secondary N) is 1. The van der Waals surface area contributed by atoms with Crippen molar-refractivity contribution in [3.63, 3.8) is 0 Å². The van der Waals surface area contributed by atoms with Gasteiger partial charge in [-0.15, -0.1) is 0 Å². The molecular formula is C13H20F3N3. The fourth-order valence-corrected chi connectivity index (χ4v) is 2.78. The topological polar surface area (TPSA) is 29.9 Å². The molecule has 1 saturated carbocycles. The molecule has 1 heterocycles. The van der Waals surface area contributed by atoms with Crippen molar-refractivity contribution in [3.05, 3.63) is 18.5 Å². The molecule has 2 rings (SSSR count). The molecule has 3 atom stereocenters. The highest BCUT2D eigenvalue weighted by Gasteiger charge is 2.42. The molecule has 1 aromatic heterocycles. The first-order valence-electron chi connectivity index (χ1n) is 6.75. The molecule has 0 aliphatic heterocycles. The van der Waals surface area contributed by atoms with Crippen LogP contribution < -0.4 is 5.32 Å². The van der Waals surface area contributed by atoms with Gasteiger partial charge >= 0.3 is 6.18 Å². The van der Waals surface area contributed by atoms with Crippen molar-refractivity contribution in [2.75, 3.05) is 0 Å². The van der Waals surface area contributed by atoms with Gasteiger partial charge in [0.05, 0.1) is 12.5 Å². The van der Waals surface area contributed by atoms with E-state index in [0.717, 1.165) is 6.42 Å². The highest BCUT2D eigenvalue weighted by atomic mass is 19.4. The third-order valence-electron chi connectivity index (χ3n) is 3.68. The monoisotopic (exact) mass is 275 g/mol. The van der Waals surface area contributed by atoms with Crippen LogP contribution in [0.3, 0.4) is 0 Å². The largest absolute Gasteiger partial charge is 0.391 e. The molecule has 0 spiro atoms. The Morgan fingerprint density at radius 2 is 2.21 bits per heavy atom. The second-order valence-corrected chi connectivity index (χ2v) is 5.40. The van der Waals surface area contributed by atoms with Crippen LogP contribution in [0.5, 0.6) is 0 Å². The van der Waals surface area contributed by atoms with Gasteiger partial charge in [0.1, 0.15) is 0 Å². The molecule has 3 nitrogen and oxygen atoms in total. The number of nitrogens with zero attached hydrogens (tertiary/aromatic N) is 2. The van der Waals surface area contributed by atoms with Gasteiger partial charge in [-0.1, -0.05) is 6.42 Å². The lowest BCUT2D eigenvalue weighted by atomic mass is 9.85. The number of rotatable bonds is 4. The molecule has 0 aromatic carbocycles. The molecule has 1 aliphatic carbocycles. The summed E-state index contributed by atoms with van der Waals surface area (Å²) in [4.78, 5) is 0. The minimum Gasteiger partial charge on any atom is -0.310 e. The summed E-state index contributed by atoms with van der Waals surface area (Å²) >= 11 is 0. The number of alkyl halides is 3. The Morgan fingerprint density at radius 3 is 2.84 bits per heavy atom. The average Bonchev–Trinajstić information content (AvgIpc) is 2.80. The quantitative estimate of drug-likeness (QED) is 0.915. The third kappa shape index (κ3) is 4.23. The summed E-state index contributed by atoms with van der Waals surface area (Å²) in [6.07, 6.45) is 1.46. The first-order valence-corrected chi connectivity index (χ1v) is 6.75. The van der Waals surface area contributed by atoms with Gasteiger partial charge in [-0.2, -0.15) is 18.3 Å². The maximum atomic E-state index is 12.7. The third-order valence-corrected chi connectivity index (χ3v) is 3.68. The first-order chi connectivity index (χ1) is 8.95. The van der Waals surface area contributed by atoms with Crippen molar-refractivity contribution < 1.29 is 13.2 Å². The Labute approximate surface area is 111 Å². The molecule has 19 heavy (non-hydrogen) atoms. The molecule has 1 aliphatic rings. The van der Waals surface area contributed by atoms with Gasteiger partial charge < -0.3 is 5.32 Å². The van der Waals surface area contributed by atoms with Crippen LogP contribution in [0.1, 0.15) is 32.6 Å². The van der Waals surface area contributed by atoms with Gasteiger partial charge in [0, 0.05) is 24.5 Å². The second-order valence-electron chi connectivity index (χ2n) is 5.40. The fraction of sp³-hybridized carbons (Fsp3) is 0.769. The predicted molar refractivity (Wildman–Crippen MR) is 66.6 cm³/mol. The summed E-state index contributed by atoms with van der Waals surface area (Å²) in [5.74, 6) is -1.14. The van der Waals surface area contributed by atoms with Gasteiger partial charge in [0.2, 0.25) is 0 Å². The highest BCUT2D eigenvalue weighted by Crippen LogP contribution is 2.37. The van der Waals surface area contributed by atoms with Crippen molar-refractivity contribution >= 4 is 0 Å². The van der Waals surface area contributed by atoms with E-state index in [1.165, 1.54) is 0 Å². The van der Waals surface area contributed by atoms with Gasteiger partial charge in [0.15, 0.2) is 0 Å². The lowest BCUT2D eigenvalue weighted by Crippen LogP contribution is -2.44. The minimum absolute atomic E-state index is 0.0362. The zero-order valence-electron chi connectivity index (χ0n) is 11.0. The standard InChI is InChI=1S/C13H20F3N3/c1-10(9-19-7-3-6-17-19)18-12-5-2-4-11(8-12)13(14,15)16/h3,6-7,10-12,18H,2,4-5,8-9H2,1H3. The van der Waals surface area contributed by atoms with E-state index in [4.69, 9.17) is 0 Å². The molecule has 1 fully saturated rings. The molecule has 0 amide bonds. The summed E-state index contributed by atoms with van der Waals surface area (Å²) in [6, 6.07) is 1.93. The van der Waals surface area contributed by atoms with Crippen molar-refractivity contribution in [3.8, 4) is 0 Å². The van der Waals surface area contributed by atoms with E-state index in [9.17, 15) is 13.2 Å². The second kappa shape index (κ2) is 5.94. The van der Waals surface area contributed by atoms with Gasteiger partial charge in [0.25, 0.3) is 0 Å². The Bertz CT molecular complexity index is 375. The minimum atomic E-state index is -4.05. The van der Waals surface area contributed by atoms with E-state index in [1.807, 2.05) is 19.2 Å². The van der Waals surface area contributed by atoms with Crippen molar-refractivity contribution in [1.29, 1.82) is 0 Å². The maximum absolute atomic E-state index is 12.7. The molecule has 0 saturated heterocycles. The SMILES string of the molecule is CC(Cn1cccn1)NC1CCCC(C(F)(F)F)C1. The molecule has 108 valence electrons. The van der Waals surface area contributed by atoms with Crippen LogP contribution in [0.25, 0.3) is 0 Å². The van der Waals surface area contributed by atoms with Crippen molar-refractivity contribution in [2.24, 2.45) is 5.92 Å². The van der Waals surface area contributed by atoms with Crippen molar-refractivity contribution in [2.45, 2.75) is 57.4 Å². The molecule has 0 bridgehead atoms. The molecule has 1 N–H and O–H groups in total. The number of hydrogen-bond donors (Lipinski definition) is 1.